The molecule has 0 amide bonds. The second-order valence-electron chi connectivity index (χ2n) is 5.83. The maximum Gasteiger partial charge on any atom is 0.0431 e. The molecule has 0 aromatic heterocycles. The van der Waals surface area contributed by atoms with Gasteiger partial charge in [0.25, 0.3) is 0 Å². The summed E-state index contributed by atoms with van der Waals surface area (Å²) in [6.45, 7) is 0. The van der Waals surface area contributed by atoms with E-state index < -0.39 is 0 Å². The van der Waals surface area contributed by atoms with Crippen LogP contribution in [-0.2, 0) is 0 Å². The Morgan fingerprint density at radius 2 is 1.80 bits per heavy atom. The third-order valence-corrected chi connectivity index (χ3v) is 4.93. The molecule has 1 aromatic carbocycles. The molecule has 0 N–H and O–H groups in total. The normalized spacial score (nSPS) is 27.8. The van der Waals surface area contributed by atoms with Crippen LogP contribution >= 0.6 is 0 Å². The lowest BCUT2D eigenvalue weighted by Crippen LogP contribution is -2.27. The molecule has 0 bridgehead atoms. The molecule has 1 aromatic rings. The first kappa shape index (κ1) is 10.4. The Hall–Kier alpha value is -2.34. The lowest BCUT2D eigenvalue weighted by molar-refractivity contribution is 0.578. The fourth-order valence-electron chi connectivity index (χ4n) is 4.07. The molecule has 0 saturated carbocycles. The Bertz CT molecular complexity index is 821. The number of hydrogen-bond acceptors (Lipinski definition) is 0. The Kier molecular flexibility index (Phi) is 1.78. The van der Waals surface area contributed by atoms with E-state index in [1.54, 1.807) is 0 Å². The van der Waals surface area contributed by atoms with Crippen molar-refractivity contribution < 1.29 is 0 Å². The van der Waals surface area contributed by atoms with Crippen molar-refractivity contribution in [2.45, 2.75) is 6.42 Å². The molecule has 0 aliphatic heterocycles. The minimum Gasteiger partial charge on any atom is -0.0824 e. The highest BCUT2D eigenvalue weighted by Gasteiger charge is 2.44. The van der Waals surface area contributed by atoms with Gasteiger partial charge in [-0.25, -0.2) is 0 Å². The first-order chi connectivity index (χ1) is 9.90. The van der Waals surface area contributed by atoms with Gasteiger partial charge in [0.15, 0.2) is 0 Å². The quantitative estimate of drug-likeness (QED) is 0.621. The highest BCUT2D eigenvalue weighted by atomic mass is 14.5. The third-order valence-electron chi connectivity index (χ3n) is 4.93. The van der Waals surface area contributed by atoms with Crippen molar-refractivity contribution >= 4 is 11.1 Å². The maximum atomic E-state index is 2.39. The molecule has 0 heteroatoms. The van der Waals surface area contributed by atoms with Gasteiger partial charge in [-0.3, -0.25) is 0 Å². The van der Waals surface area contributed by atoms with Crippen molar-refractivity contribution in [3.8, 4) is 0 Å². The maximum absolute atomic E-state index is 2.39. The summed E-state index contributed by atoms with van der Waals surface area (Å²) in [4.78, 5) is 0. The molecule has 94 valence electrons. The standard InChI is InChI=1S/C20H14/c1-2-8-16-15(7-1)17-9-5-13-20-12-4-3-6-14(20)10-11-18(16)19(17)20/h1-12H,13H2. The summed E-state index contributed by atoms with van der Waals surface area (Å²) in [5, 5.41) is 0. The number of rotatable bonds is 0. The van der Waals surface area contributed by atoms with Crippen molar-refractivity contribution in [2.75, 3.05) is 0 Å². The molecule has 0 nitrogen and oxygen atoms in total. The summed E-state index contributed by atoms with van der Waals surface area (Å²) in [5.41, 5.74) is 8.63. The average molecular weight is 254 g/mol. The average Bonchev–Trinajstić information content (AvgIpc) is 2.84. The van der Waals surface area contributed by atoms with Gasteiger partial charge < -0.3 is 0 Å². The zero-order chi connectivity index (χ0) is 13.2. The van der Waals surface area contributed by atoms with Gasteiger partial charge in [0, 0.05) is 5.41 Å². The van der Waals surface area contributed by atoms with E-state index in [2.05, 4.69) is 72.9 Å². The van der Waals surface area contributed by atoms with Crippen LogP contribution in [0.1, 0.15) is 17.5 Å². The molecule has 1 spiro atoms. The molecule has 20 heavy (non-hydrogen) atoms. The van der Waals surface area contributed by atoms with Gasteiger partial charge in [-0.1, -0.05) is 72.9 Å². The van der Waals surface area contributed by atoms with E-state index in [0.717, 1.165) is 6.42 Å². The molecule has 5 rings (SSSR count). The Morgan fingerprint density at radius 1 is 0.900 bits per heavy atom. The van der Waals surface area contributed by atoms with Crippen LogP contribution in [0.15, 0.2) is 84.0 Å². The molecule has 1 atom stereocenters. The van der Waals surface area contributed by atoms with Crippen molar-refractivity contribution in [1.29, 1.82) is 0 Å². The van der Waals surface area contributed by atoms with E-state index in [-0.39, 0.29) is 5.41 Å². The lowest BCUT2D eigenvalue weighted by Gasteiger charge is -2.40. The first-order valence-corrected chi connectivity index (χ1v) is 7.20. The van der Waals surface area contributed by atoms with Crippen molar-refractivity contribution in [1.82, 2.24) is 0 Å². The van der Waals surface area contributed by atoms with Gasteiger partial charge >= 0.3 is 0 Å². The molecule has 0 radical (unpaired) electrons. The SMILES string of the molecule is C1=CC2=CC=C3C4=C(C=CCC24C=C1)c1ccccc13. The molecular weight excluding hydrogens is 240 g/mol. The molecule has 0 saturated heterocycles. The van der Waals surface area contributed by atoms with E-state index in [0.29, 0.717) is 0 Å². The summed E-state index contributed by atoms with van der Waals surface area (Å²) in [7, 11) is 0. The van der Waals surface area contributed by atoms with Crippen LogP contribution in [-0.4, -0.2) is 0 Å². The Balaban J connectivity index is 1.91. The summed E-state index contributed by atoms with van der Waals surface area (Å²) in [6, 6.07) is 8.79. The van der Waals surface area contributed by atoms with Gasteiger partial charge in [-0.05, 0) is 39.8 Å². The fourth-order valence-corrected chi connectivity index (χ4v) is 4.07. The second kappa shape index (κ2) is 3.40. The Morgan fingerprint density at radius 3 is 2.75 bits per heavy atom. The van der Waals surface area contributed by atoms with Gasteiger partial charge in [-0.2, -0.15) is 0 Å². The van der Waals surface area contributed by atoms with Gasteiger partial charge in [0.05, 0.1) is 0 Å². The van der Waals surface area contributed by atoms with Crippen LogP contribution in [0.25, 0.3) is 11.1 Å². The van der Waals surface area contributed by atoms with Crippen LogP contribution in [0.3, 0.4) is 0 Å². The Labute approximate surface area is 118 Å². The fraction of sp³-hybridized carbons (Fsp3) is 0.100. The highest BCUT2D eigenvalue weighted by molar-refractivity contribution is 6.06. The molecule has 4 aliphatic carbocycles. The zero-order valence-electron chi connectivity index (χ0n) is 11.1. The largest absolute Gasteiger partial charge is 0.0824 e. The van der Waals surface area contributed by atoms with Gasteiger partial charge in [0.1, 0.15) is 0 Å². The second-order valence-corrected chi connectivity index (χ2v) is 5.83. The minimum absolute atomic E-state index is 0.0714. The van der Waals surface area contributed by atoms with E-state index >= 15 is 0 Å². The van der Waals surface area contributed by atoms with E-state index in [4.69, 9.17) is 0 Å². The van der Waals surface area contributed by atoms with Crippen molar-refractivity contribution in [2.24, 2.45) is 5.41 Å². The summed E-state index contributed by atoms with van der Waals surface area (Å²) < 4.78 is 0. The summed E-state index contributed by atoms with van der Waals surface area (Å²) in [5.74, 6) is 0. The minimum atomic E-state index is 0.0714. The zero-order valence-corrected chi connectivity index (χ0v) is 11.1. The van der Waals surface area contributed by atoms with E-state index in [1.165, 1.54) is 33.4 Å². The number of hydrogen-bond donors (Lipinski definition) is 0. The van der Waals surface area contributed by atoms with Gasteiger partial charge in [0.2, 0.25) is 0 Å². The van der Waals surface area contributed by atoms with E-state index in [9.17, 15) is 0 Å². The predicted molar refractivity (Wildman–Crippen MR) is 83.9 cm³/mol. The van der Waals surface area contributed by atoms with E-state index in [1.807, 2.05) is 0 Å². The topological polar surface area (TPSA) is 0 Å². The van der Waals surface area contributed by atoms with Crippen molar-refractivity contribution in [3.63, 3.8) is 0 Å². The van der Waals surface area contributed by atoms with Crippen LogP contribution in [0.5, 0.6) is 0 Å². The summed E-state index contributed by atoms with van der Waals surface area (Å²) in [6.07, 6.45) is 19.3. The third kappa shape index (κ3) is 1.05. The van der Waals surface area contributed by atoms with Crippen LogP contribution in [0.2, 0.25) is 0 Å². The van der Waals surface area contributed by atoms with Gasteiger partial charge in [-0.15, -0.1) is 0 Å². The molecule has 4 aliphatic rings. The highest BCUT2D eigenvalue weighted by Crippen LogP contribution is 2.59. The van der Waals surface area contributed by atoms with Crippen LogP contribution in [0, 0.1) is 5.41 Å². The van der Waals surface area contributed by atoms with Crippen LogP contribution < -0.4 is 0 Å². The molecular formula is C20H14. The monoisotopic (exact) mass is 254 g/mol. The molecule has 1 unspecified atom stereocenters. The molecule has 0 fully saturated rings. The lowest BCUT2D eigenvalue weighted by atomic mass is 9.63. The molecule has 0 heterocycles. The predicted octanol–water partition coefficient (Wildman–Crippen LogP) is 4.85. The van der Waals surface area contributed by atoms with Crippen LogP contribution in [0.4, 0.5) is 0 Å². The smallest absolute Gasteiger partial charge is 0.0431 e. The number of allylic oxidation sites excluding steroid dienone is 12. The summed E-state index contributed by atoms with van der Waals surface area (Å²) >= 11 is 0. The number of fused-ring (bicyclic) bond motifs is 3. The first-order valence-electron chi connectivity index (χ1n) is 7.20. The van der Waals surface area contributed by atoms with Crippen molar-refractivity contribution in [3.05, 3.63) is 95.1 Å². The number of benzene rings is 1.